The molecule has 7 heterocycles. The number of allylic oxidation sites excluding steroid dienone is 1. The standard InChI is InChI=1S/C60H78N14O6S/c1-8-24-73-56(78)47-35-62-58(67-54(47)74(73)50-11-9-10-49(65-50)60(6,7)80)64-42-16-18-43(19-17-42)70-29-31-71(32-30-70)45-22-20-44(21-23-45)69-27-25-68(26-28-69)37-51(76)66-53(59(3,4)5)57(79)72-36-46(75)33-48(72)55(77)61-34-40-12-14-41(15-13-40)52-39(2)63-38-81-52/h8-19,35,38,44-46,48,53,75,80H,1,20-34,36-37H2,2-7H3,(H,61,77)(H,66,76)(H,62,64,67)/t44?,45?,46-,48+,53-/m1/s1. The average molecular weight is 1120 g/mol. The molecule has 0 bridgehead atoms. The predicted molar refractivity (Wildman–Crippen MR) is 316 cm³/mol. The van der Waals surface area contributed by atoms with Gasteiger partial charge in [-0.15, -0.1) is 17.9 Å². The van der Waals surface area contributed by atoms with Gasteiger partial charge < -0.3 is 36.0 Å². The number of nitrogens with zero attached hydrogens (tertiary/aromatic N) is 11. The summed E-state index contributed by atoms with van der Waals surface area (Å²) >= 11 is 1.59. The van der Waals surface area contributed by atoms with Gasteiger partial charge >= 0.3 is 0 Å². The van der Waals surface area contributed by atoms with E-state index in [0.29, 0.717) is 40.6 Å². The molecule has 3 atom stereocenters. The Balaban J connectivity index is 0.656. The Hall–Kier alpha value is -6.88. The molecular formula is C60H78N14O6S. The van der Waals surface area contributed by atoms with Crippen LogP contribution in [0, 0.1) is 12.3 Å². The first-order valence-corrected chi connectivity index (χ1v) is 29.4. The van der Waals surface area contributed by atoms with Crippen LogP contribution in [0.2, 0.25) is 0 Å². The van der Waals surface area contributed by atoms with E-state index in [2.05, 4.69) is 69.2 Å². The number of aliphatic hydroxyl groups excluding tert-OH is 1. The number of benzene rings is 2. The minimum Gasteiger partial charge on any atom is -0.391 e. The first kappa shape index (κ1) is 57.4. The predicted octanol–water partition coefficient (Wildman–Crippen LogP) is 5.43. The zero-order chi connectivity index (χ0) is 57.2. The Labute approximate surface area is 477 Å². The summed E-state index contributed by atoms with van der Waals surface area (Å²) in [5.41, 5.74) is 5.52. The number of hydrogen-bond acceptors (Lipinski definition) is 16. The Morgan fingerprint density at radius 2 is 1.52 bits per heavy atom. The zero-order valence-corrected chi connectivity index (χ0v) is 48.4. The van der Waals surface area contributed by atoms with Crippen molar-refractivity contribution in [1.29, 1.82) is 0 Å². The molecule has 4 aromatic heterocycles. The number of carbonyl (C=O) groups excluding carboxylic acids is 3. The summed E-state index contributed by atoms with van der Waals surface area (Å²) in [6.45, 7) is 22.8. The first-order valence-electron chi connectivity index (χ1n) is 28.5. The largest absolute Gasteiger partial charge is 0.391 e. The minimum absolute atomic E-state index is 0.0277. The molecule has 0 radical (unpaired) electrons. The molecule has 4 aliphatic rings. The third-order valence-corrected chi connectivity index (χ3v) is 17.5. The number of aryl methyl sites for hydroxylation is 1. The molecule has 10 rings (SSSR count). The molecule has 3 amide bonds. The maximum atomic E-state index is 14.3. The third kappa shape index (κ3) is 13.1. The lowest BCUT2D eigenvalue weighted by Gasteiger charge is -2.45. The van der Waals surface area contributed by atoms with Crippen molar-refractivity contribution >= 4 is 57.4 Å². The van der Waals surface area contributed by atoms with Crippen LogP contribution >= 0.6 is 11.3 Å². The fourth-order valence-electron chi connectivity index (χ4n) is 12.0. The highest BCUT2D eigenvalue weighted by Crippen LogP contribution is 2.32. The number of fused-ring (bicyclic) bond motifs is 1. The average Bonchev–Trinajstić information content (AvgIpc) is 4.01. The summed E-state index contributed by atoms with van der Waals surface area (Å²) in [5.74, 6) is -0.132. The van der Waals surface area contributed by atoms with Crippen molar-refractivity contribution in [3.63, 3.8) is 0 Å². The van der Waals surface area contributed by atoms with Crippen molar-refractivity contribution in [2.45, 2.75) is 123 Å². The molecule has 6 aromatic rings. The maximum Gasteiger partial charge on any atom is 0.278 e. The van der Waals surface area contributed by atoms with E-state index in [-0.39, 0.29) is 55.9 Å². The number of β-amino-alcohol motifs (C(OH)–C–C–N with tert-alkyl or cyclic N) is 1. The van der Waals surface area contributed by atoms with Gasteiger partial charge in [-0.3, -0.25) is 33.9 Å². The number of thiazole rings is 1. The topological polar surface area (TPSA) is 222 Å². The van der Waals surface area contributed by atoms with Crippen LogP contribution in [0.4, 0.5) is 17.3 Å². The van der Waals surface area contributed by atoms with Crippen LogP contribution in [0.1, 0.15) is 83.7 Å². The van der Waals surface area contributed by atoms with Crippen LogP contribution < -0.4 is 26.4 Å². The lowest BCUT2D eigenvalue weighted by atomic mass is 9.85. The van der Waals surface area contributed by atoms with Crippen molar-refractivity contribution in [2.75, 3.05) is 75.7 Å². The van der Waals surface area contributed by atoms with E-state index < -0.39 is 29.2 Å². The molecule has 3 saturated heterocycles. The molecule has 1 saturated carbocycles. The smallest absolute Gasteiger partial charge is 0.278 e. The number of aliphatic hydroxyl groups is 2. The number of likely N-dealkylation sites (tertiary alicyclic amines) is 1. The van der Waals surface area contributed by atoms with Gasteiger partial charge in [-0.25, -0.2) is 24.3 Å². The number of nitrogens with one attached hydrogen (secondary N) is 3. The normalized spacial score (nSPS) is 21.0. The second-order valence-electron chi connectivity index (χ2n) is 23.8. The van der Waals surface area contributed by atoms with Crippen molar-refractivity contribution < 1.29 is 24.6 Å². The molecule has 21 heteroatoms. The number of anilines is 3. The quantitative estimate of drug-likeness (QED) is 0.0720. The summed E-state index contributed by atoms with van der Waals surface area (Å²) in [4.78, 5) is 85.9. The van der Waals surface area contributed by atoms with E-state index in [4.69, 9.17) is 4.98 Å². The van der Waals surface area contributed by atoms with E-state index in [1.165, 1.54) is 28.6 Å². The molecule has 0 spiro atoms. The Kier molecular flexibility index (Phi) is 17.2. The molecule has 5 N–H and O–H groups in total. The minimum atomic E-state index is -1.18. The SMILES string of the molecule is C=CCn1c(=O)c2cnc(Nc3ccc(N4CCN(C5CCC(N6CCN(CC(=O)N[C@H](C(=O)N7C[C@H](O)C[C@H]7C(=O)NCc7ccc(-c8scnc8C)cc7)C(C)(C)C)CC6)CC5)CC4)cc3)nc2n1-c1cccc(C(C)(C)O)n1. The van der Waals surface area contributed by atoms with Gasteiger partial charge in [0.15, 0.2) is 11.5 Å². The highest BCUT2D eigenvalue weighted by atomic mass is 32.1. The molecule has 4 fully saturated rings. The number of amides is 3. The van der Waals surface area contributed by atoms with Crippen LogP contribution in [0.3, 0.4) is 0 Å². The van der Waals surface area contributed by atoms with E-state index >= 15 is 0 Å². The van der Waals surface area contributed by atoms with E-state index in [9.17, 15) is 29.4 Å². The van der Waals surface area contributed by atoms with E-state index in [1.807, 2.05) is 69.6 Å². The van der Waals surface area contributed by atoms with Crippen LogP contribution in [0.15, 0.2) is 95.9 Å². The summed E-state index contributed by atoms with van der Waals surface area (Å²) in [5, 5.41) is 31.1. The van der Waals surface area contributed by atoms with Crippen molar-refractivity contribution in [2.24, 2.45) is 5.41 Å². The molecule has 20 nitrogen and oxygen atoms in total. The van der Waals surface area contributed by atoms with Gasteiger partial charge in [0, 0.05) is 102 Å². The van der Waals surface area contributed by atoms with Crippen LogP contribution in [-0.4, -0.2) is 173 Å². The second-order valence-corrected chi connectivity index (χ2v) is 24.6. The molecule has 430 valence electrons. The summed E-state index contributed by atoms with van der Waals surface area (Å²) < 4.78 is 3.16. The molecule has 3 aliphatic heterocycles. The second kappa shape index (κ2) is 24.3. The molecular weight excluding hydrogens is 1040 g/mol. The number of rotatable bonds is 17. The molecule has 2 aromatic carbocycles. The van der Waals surface area contributed by atoms with E-state index in [1.54, 1.807) is 54.1 Å². The lowest BCUT2D eigenvalue weighted by molar-refractivity contribution is -0.144. The van der Waals surface area contributed by atoms with Gasteiger partial charge in [0.1, 0.15) is 23.1 Å². The van der Waals surface area contributed by atoms with Gasteiger partial charge in [0.05, 0.1) is 41.0 Å². The molecule has 1 aliphatic carbocycles. The number of hydrogen-bond donors (Lipinski definition) is 5. The fourth-order valence-corrected chi connectivity index (χ4v) is 12.8. The number of aromatic nitrogens is 6. The van der Waals surface area contributed by atoms with Crippen molar-refractivity contribution in [3.05, 3.63) is 118 Å². The first-order chi connectivity index (χ1) is 38.8. The molecule has 81 heavy (non-hydrogen) atoms. The highest BCUT2D eigenvalue weighted by molar-refractivity contribution is 7.13. The van der Waals surface area contributed by atoms with Crippen LogP contribution in [0.5, 0.6) is 0 Å². The zero-order valence-electron chi connectivity index (χ0n) is 47.6. The van der Waals surface area contributed by atoms with Gasteiger partial charge in [-0.05, 0) is 99.4 Å². The van der Waals surface area contributed by atoms with Gasteiger partial charge in [0.2, 0.25) is 23.7 Å². The maximum absolute atomic E-state index is 14.3. The van der Waals surface area contributed by atoms with Crippen LogP contribution in [0.25, 0.3) is 27.3 Å². The number of carbonyl (C=O) groups is 3. The Morgan fingerprint density at radius 1 is 0.852 bits per heavy atom. The monoisotopic (exact) mass is 1120 g/mol. The molecule has 0 unspecified atom stereocenters. The van der Waals surface area contributed by atoms with Gasteiger partial charge in [0.25, 0.3) is 5.56 Å². The number of piperazine rings is 2. The summed E-state index contributed by atoms with van der Waals surface area (Å²) in [7, 11) is 0. The highest BCUT2D eigenvalue weighted by Gasteiger charge is 2.45. The summed E-state index contributed by atoms with van der Waals surface area (Å²) in [6.07, 6.45) is 7.11. The lowest BCUT2D eigenvalue weighted by Crippen LogP contribution is -2.59. The van der Waals surface area contributed by atoms with Gasteiger partial charge in [-0.1, -0.05) is 57.2 Å². The summed E-state index contributed by atoms with van der Waals surface area (Å²) in [6, 6.07) is 21.0. The number of pyridine rings is 1. The van der Waals surface area contributed by atoms with Crippen molar-refractivity contribution in [3.8, 4) is 16.3 Å². The van der Waals surface area contributed by atoms with Crippen LogP contribution in [-0.2, 0) is 33.1 Å². The van der Waals surface area contributed by atoms with E-state index in [0.717, 1.165) is 98.3 Å². The fraction of sp³-hybridized carbons (Fsp3) is 0.500. The third-order valence-electron chi connectivity index (χ3n) is 16.5. The van der Waals surface area contributed by atoms with Gasteiger partial charge in [-0.2, -0.15) is 4.98 Å². The van der Waals surface area contributed by atoms with Crippen molar-refractivity contribution in [1.82, 2.24) is 59.5 Å². The Bertz CT molecular complexity index is 3250. The Morgan fingerprint density at radius 3 is 2.14 bits per heavy atom.